The lowest BCUT2D eigenvalue weighted by atomic mass is 10.0. The van der Waals surface area contributed by atoms with Crippen molar-refractivity contribution in [3.05, 3.63) is 47.8 Å². The fourth-order valence-corrected chi connectivity index (χ4v) is 2.03. The summed E-state index contributed by atoms with van der Waals surface area (Å²) in [4.78, 5) is 8.47. The van der Waals surface area contributed by atoms with Gasteiger partial charge in [-0.15, -0.1) is 0 Å². The highest BCUT2D eigenvalue weighted by molar-refractivity contribution is 5.56. The fraction of sp³-hybridized carbons (Fsp3) is 0.333. The Kier molecular flexibility index (Phi) is 4.34. The first-order valence-electron chi connectivity index (χ1n) is 6.50. The van der Waals surface area contributed by atoms with Crippen molar-refractivity contribution in [3.8, 4) is 0 Å². The van der Waals surface area contributed by atoms with Gasteiger partial charge in [-0.25, -0.2) is 9.97 Å². The van der Waals surface area contributed by atoms with E-state index in [1.807, 2.05) is 20.0 Å². The van der Waals surface area contributed by atoms with E-state index in [1.54, 1.807) is 6.33 Å². The van der Waals surface area contributed by atoms with Crippen LogP contribution in [0.25, 0.3) is 0 Å². The second-order valence-electron chi connectivity index (χ2n) is 4.64. The van der Waals surface area contributed by atoms with Crippen molar-refractivity contribution >= 4 is 11.6 Å². The molecule has 1 unspecified atom stereocenters. The molecule has 0 bridgehead atoms. The van der Waals surface area contributed by atoms with E-state index in [4.69, 9.17) is 0 Å². The number of nitrogens with one attached hydrogen (secondary N) is 2. The number of rotatable bonds is 5. The van der Waals surface area contributed by atoms with Crippen LogP contribution in [0.2, 0.25) is 0 Å². The molecule has 1 aromatic carbocycles. The van der Waals surface area contributed by atoms with Gasteiger partial charge in [-0.2, -0.15) is 0 Å². The largest absolute Gasteiger partial charge is 0.373 e. The highest BCUT2D eigenvalue weighted by atomic mass is 15.1. The zero-order chi connectivity index (χ0) is 13.7. The molecule has 1 atom stereocenters. The second kappa shape index (κ2) is 6.18. The Bertz CT molecular complexity index is 525. The number of anilines is 2. The molecule has 0 radical (unpaired) electrons. The summed E-state index contributed by atoms with van der Waals surface area (Å²) >= 11 is 0. The average Bonchev–Trinajstić information content (AvgIpc) is 2.47. The first-order valence-corrected chi connectivity index (χ1v) is 6.50. The summed E-state index contributed by atoms with van der Waals surface area (Å²) in [6, 6.07) is 10.5. The molecule has 0 aliphatic rings. The van der Waals surface area contributed by atoms with Crippen LogP contribution in [0.1, 0.15) is 24.0 Å². The summed E-state index contributed by atoms with van der Waals surface area (Å²) in [6.45, 7) is 5.07. The molecule has 0 fully saturated rings. The molecule has 0 spiro atoms. The third kappa shape index (κ3) is 3.22. The minimum Gasteiger partial charge on any atom is -0.373 e. The van der Waals surface area contributed by atoms with Crippen molar-refractivity contribution < 1.29 is 0 Å². The minimum atomic E-state index is 0.439. The fourth-order valence-electron chi connectivity index (χ4n) is 2.03. The van der Waals surface area contributed by atoms with Crippen molar-refractivity contribution in [1.29, 1.82) is 0 Å². The lowest BCUT2D eigenvalue weighted by Crippen LogP contribution is -2.12. The molecule has 0 aliphatic carbocycles. The summed E-state index contributed by atoms with van der Waals surface area (Å²) in [5.74, 6) is 2.19. The van der Waals surface area contributed by atoms with Crippen LogP contribution in [0.4, 0.5) is 11.6 Å². The van der Waals surface area contributed by atoms with Gasteiger partial charge in [-0.3, -0.25) is 0 Å². The molecule has 2 aromatic rings. The van der Waals surface area contributed by atoms with Gasteiger partial charge in [0.2, 0.25) is 0 Å². The number of nitrogens with zero attached hydrogens (tertiary/aromatic N) is 2. The van der Waals surface area contributed by atoms with Gasteiger partial charge >= 0.3 is 0 Å². The Morgan fingerprint density at radius 1 is 1.11 bits per heavy atom. The van der Waals surface area contributed by atoms with Gasteiger partial charge in [-0.1, -0.05) is 37.3 Å². The lowest BCUT2D eigenvalue weighted by molar-refractivity contribution is 0.800. The third-order valence-corrected chi connectivity index (χ3v) is 3.27. The zero-order valence-corrected chi connectivity index (χ0v) is 11.6. The van der Waals surface area contributed by atoms with E-state index in [2.05, 4.69) is 51.8 Å². The van der Waals surface area contributed by atoms with E-state index in [9.17, 15) is 0 Å². The number of hydrogen-bond acceptors (Lipinski definition) is 4. The molecule has 4 nitrogen and oxygen atoms in total. The van der Waals surface area contributed by atoms with Gasteiger partial charge in [-0.05, 0) is 18.4 Å². The van der Waals surface area contributed by atoms with Gasteiger partial charge in [0.15, 0.2) is 0 Å². The molecule has 1 heterocycles. The van der Waals surface area contributed by atoms with E-state index in [1.165, 1.54) is 5.56 Å². The summed E-state index contributed by atoms with van der Waals surface area (Å²) < 4.78 is 0. The second-order valence-corrected chi connectivity index (χ2v) is 4.64. The SMILES string of the molecule is CNc1ncnc(NCC(C)c2ccccc2)c1C. The van der Waals surface area contributed by atoms with Gasteiger partial charge < -0.3 is 10.6 Å². The molecule has 4 heteroatoms. The number of benzene rings is 1. The summed E-state index contributed by atoms with van der Waals surface area (Å²) in [7, 11) is 1.87. The quantitative estimate of drug-likeness (QED) is 0.863. The molecule has 0 saturated heterocycles. The van der Waals surface area contributed by atoms with Crippen LogP contribution in [-0.2, 0) is 0 Å². The zero-order valence-electron chi connectivity index (χ0n) is 11.6. The minimum absolute atomic E-state index is 0.439. The van der Waals surface area contributed by atoms with Crippen LogP contribution < -0.4 is 10.6 Å². The van der Waals surface area contributed by atoms with Gasteiger partial charge in [0.05, 0.1) is 0 Å². The summed E-state index contributed by atoms with van der Waals surface area (Å²) in [6.07, 6.45) is 1.58. The van der Waals surface area contributed by atoms with Gasteiger partial charge in [0, 0.05) is 19.2 Å². The molecule has 0 amide bonds. The molecule has 2 N–H and O–H groups in total. The van der Waals surface area contributed by atoms with Crippen LogP contribution >= 0.6 is 0 Å². The maximum absolute atomic E-state index is 4.29. The van der Waals surface area contributed by atoms with Gasteiger partial charge in [0.25, 0.3) is 0 Å². The molecule has 2 rings (SSSR count). The first kappa shape index (κ1) is 13.3. The first-order chi connectivity index (χ1) is 9.22. The van der Waals surface area contributed by atoms with Crippen LogP contribution in [0.15, 0.2) is 36.7 Å². The molecule has 1 aromatic heterocycles. The predicted octanol–water partition coefficient (Wildman–Crippen LogP) is 3.04. The van der Waals surface area contributed by atoms with Crippen molar-refractivity contribution in [2.24, 2.45) is 0 Å². The van der Waals surface area contributed by atoms with Crippen LogP contribution in [0.5, 0.6) is 0 Å². The Morgan fingerprint density at radius 3 is 2.47 bits per heavy atom. The van der Waals surface area contributed by atoms with Gasteiger partial charge in [0.1, 0.15) is 18.0 Å². The summed E-state index contributed by atoms with van der Waals surface area (Å²) in [5, 5.41) is 6.46. The molecule has 0 aliphatic heterocycles. The van der Waals surface area contributed by atoms with E-state index < -0.39 is 0 Å². The smallest absolute Gasteiger partial charge is 0.134 e. The average molecular weight is 256 g/mol. The Morgan fingerprint density at radius 2 is 1.79 bits per heavy atom. The van der Waals surface area contributed by atoms with E-state index in [0.717, 1.165) is 23.7 Å². The Balaban J connectivity index is 2.03. The molecule has 19 heavy (non-hydrogen) atoms. The summed E-state index contributed by atoms with van der Waals surface area (Å²) in [5.41, 5.74) is 2.38. The molecule has 100 valence electrons. The van der Waals surface area contributed by atoms with Crippen molar-refractivity contribution in [1.82, 2.24) is 9.97 Å². The maximum atomic E-state index is 4.29. The highest BCUT2D eigenvalue weighted by Gasteiger charge is 2.08. The topological polar surface area (TPSA) is 49.8 Å². The van der Waals surface area contributed by atoms with E-state index in [0.29, 0.717) is 5.92 Å². The van der Waals surface area contributed by atoms with Crippen molar-refractivity contribution in [3.63, 3.8) is 0 Å². The normalized spacial score (nSPS) is 11.9. The Labute approximate surface area is 114 Å². The molecular formula is C15H20N4. The van der Waals surface area contributed by atoms with Crippen molar-refractivity contribution in [2.75, 3.05) is 24.2 Å². The highest BCUT2D eigenvalue weighted by Crippen LogP contribution is 2.20. The lowest BCUT2D eigenvalue weighted by Gasteiger charge is -2.15. The number of aromatic nitrogens is 2. The maximum Gasteiger partial charge on any atom is 0.134 e. The van der Waals surface area contributed by atoms with E-state index in [-0.39, 0.29) is 0 Å². The van der Waals surface area contributed by atoms with Crippen molar-refractivity contribution in [2.45, 2.75) is 19.8 Å². The molecule has 0 saturated carbocycles. The van der Waals surface area contributed by atoms with Crippen LogP contribution in [-0.4, -0.2) is 23.6 Å². The van der Waals surface area contributed by atoms with E-state index >= 15 is 0 Å². The van der Waals surface area contributed by atoms with Crippen LogP contribution in [0, 0.1) is 6.92 Å². The van der Waals surface area contributed by atoms with Crippen LogP contribution in [0.3, 0.4) is 0 Å². The molecular weight excluding hydrogens is 236 g/mol. The predicted molar refractivity (Wildman–Crippen MR) is 79.7 cm³/mol. The standard InChI is InChI=1S/C15H20N4/c1-11(13-7-5-4-6-8-13)9-17-15-12(2)14(16-3)18-10-19-15/h4-8,10-11H,9H2,1-3H3,(H2,16,17,18,19). The monoisotopic (exact) mass is 256 g/mol. The third-order valence-electron chi connectivity index (χ3n) is 3.27. The Hall–Kier alpha value is -2.10. The number of hydrogen-bond donors (Lipinski definition) is 2.